The molecule has 0 radical (unpaired) electrons. The zero-order valence-electron chi connectivity index (χ0n) is 14.3. The van der Waals surface area contributed by atoms with Crippen LogP contribution in [0.1, 0.15) is 34.6 Å². The minimum Gasteiger partial charge on any atom is -0.465 e. The summed E-state index contributed by atoms with van der Waals surface area (Å²) in [6.45, 7) is 7.67. The molecule has 0 bridgehead atoms. The molecule has 1 saturated heterocycles. The molecule has 24 heavy (non-hydrogen) atoms. The second-order valence-electron chi connectivity index (χ2n) is 6.71. The smallest absolute Gasteiger partial charge is 0.341 e. The Kier molecular flexibility index (Phi) is 4.80. The highest BCUT2D eigenvalue weighted by atomic mass is 32.1. The standard InChI is InChI=1S/C16H23N3O4S/c1-16(2)8-10-11(9-23-16)24-13(12(10)14(20)22-3)18-15(21)19-6-4-17-5-7-19/h17H,4-9H2,1-3H3,(H,18,21)/p+1. The van der Waals surface area contributed by atoms with E-state index in [9.17, 15) is 9.59 Å². The first kappa shape index (κ1) is 17.2. The van der Waals surface area contributed by atoms with Gasteiger partial charge in [-0.2, -0.15) is 0 Å². The van der Waals surface area contributed by atoms with Crippen molar-refractivity contribution in [1.29, 1.82) is 0 Å². The lowest BCUT2D eigenvalue weighted by Gasteiger charge is -2.30. The fourth-order valence-electron chi connectivity index (χ4n) is 3.09. The molecule has 1 fully saturated rings. The zero-order chi connectivity index (χ0) is 17.3. The lowest BCUT2D eigenvalue weighted by Crippen LogP contribution is -2.90. The lowest BCUT2D eigenvalue weighted by molar-refractivity contribution is -0.661. The van der Waals surface area contributed by atoms with Crippen LogP contribution in [0, 0.1) is 0 Å². The van der Waals surface area contributed by atoms with Crippen molar-refractivity contribution >= 4 is 28.3 Å². The lowest BCUT2D eigenvalue weighted by atomic mass is 9.93. The van der Waals surface area contributed by atoms with Crippen molar-refractivity contribution < 1.29 is 24.4 Å². The normalized spacial score (nSPS) is 19.5. The number of carbonyl (C=O) groups excluding carboxylic acids is 2. The third kappa shape index (κ3) is 3.40. The van der Waals surface area contributed by atoms with E-state index in [2.05, 4.69) is 10.6 Å². The summed E-state index contributed by atoms with van der Waals surface area (Å²) in [6.07, 6.45) is 0.623. The Labute approximate surface area is 145 Å². The van der Waals surface area contributed by atoms with Gasteiger partial charge in [0.2, 0.25) is 0 Å². The van der Waals surface area contributed by atoms with Crippen LogP contribution in [-0.2, 0) is 22.5 Å². The Bertz CT molecular complexity index is 650. The maximum absolute atomic E-state index is 12.5. The molecule has 0 spiro atoms. The number of hydrogen-bond donors (Lipinski definition) is 2. The molecule has 3 N–H and O–H groups in total. The molecule has 3 heterocycles. The number of nitrogens with one attached hydrogen (secondary N) is 1. The van der Waals surface area contributed by atoms with Crippen molar-refractivity contribution in [1.82, 2.24) is 4.90 Å². The molecule has 0 aromatic carbocycles. The van der Waals surface area contributed by atoms with Crippen LogP contribution in [0.25, 0.3) is 0 Å². The molecule has 0 saturated carbocycles. The monoisotopic (exact) mass is 354 g/mol. The van der Waals surface area contributed by atoms with Crippen LogP contribution in [0.3, 0.4) is 0 Å². The molecule has 0 unspecified atom stereocenters. The summed E-state index contributed by atoms with van der Waals surface area (Å²) in [5.41, 5.74) is 1.08. The molecule has 2 aliphatic rings. The predicted molar refractivity (Wildman–Crippen MR) is 90.5 cm³/mol. The van der Waals surface area contributed by atoms with Crippen molar-refractivity contribution in [3.8, 4) is 0 Å². The van der Waals surface area contributed by atoms with Gasteiger partial charge in [-0.1, -0.05) is 0 Å². The minimum atomic E-state index is -0.410. The van der Waals surface area contributed by atoms with Crippen LogP contribution in [-0.4, -0.2) is 55.8 Å². The number of methoxy groups -OCH3 is 1. The minimum absolute atomic E-state index is 0.160. The Hall–Kier alpha value is -1.64. The molecule has 0 atom stereocenters. The fraction of sp³-hybridized carbons (Fsp3) is 0.625. The number of quaternary nitrogens is 1. The molecule has 1 aromatic rings. The number of carbonyl (C=O) groups is 2. The third-order valence-electron chi connectivity index (χ3n) is 4.39. The van der Waals surface area contributed by atoms with Gasteiger partial charge in [0.15, 0.2) is 0 Å². The van der Waals surface area contributed by atoms with Crippen molar-refractivity contribution in [2.24, 2.45) is 0 Å². The topological polar surface area (TPSA) is 84.5 Å². The predicted octanol–water partition coefficient (Wildman–Crippen LogP) is 0.797. The maximum atomic E-state index is 12.5. The highest BCUT2D eigenvalue weighted by molar-refractivity contribution is 7.17. The van der Waals surface area contributed by atoms with E-state index in [0.29, 0.717) is 36.7 Å². The van der Waals surface area contributed by atoms with Gasteiger partial charge in [0.05, 0.1) is 51.1 Å². The number of piperazine rings is 1. The number of fused-ring (bicyclic) bond motifs is 1. The maximum Gasteiger partial charge on any atom is 0.341 e. The van der Waals surface area contributed by atoms with Gasteiger partial charge in [0.25, 0.3) is 0 Å². The Morgan fingerprint density at radius 3 is 2.71 bits per heavy atom. The van der Waals surface area contributed by atoms with Gasteiger partial charge in [0, 0.05) is 11.3 Å². The molecule has 2 amide bonds. The summed E-state index contributed by atoms with van der Waals surface area (Å²) in [6, 6.07) is -0.160. The molecular formula is C16H24N3O4S+. The van der Waals surface area contributed by atoms with E-state index < -0.39 is 5.97 Å². The molecule has 8 heteroatoms. The molecule has 132 valence electrons. The summed E-state index contributed by atoms with van der Waals surface area (Å²) in [5, 5.41) is 5.67. The van der Waals surface area contributed by atoms with Crippen molar-refractivity contribution in [3.05, 3.63) is 16.0 Å². The van der Waals surface area contributed by atoms with Crippen LogP contribution >= 0.6 is 11.3 Å². The van der Waals surface area contributed by atoms with Crippen LogP contribution in [0.4, 0.5) is 9.80 Å². The quantitative estimate of drug-likeness (QED) is 0.770. The van der Waals surface area contributed by atoms with Crippen LogP contribution in [0.2, 0.25) is 0 Å². The van der Waals surface area contributed by atoms with E-state index in [-0.39, 0.29) is 11.6 Å². The number of nitrogens with zero attached hydrogens (tertiary/aromatic N) is 1. The van der Waals surface area contributed by atoms with Gasteiger partial charge in [-0.3, -0.25) is 5.32 Å². The van der Waals surface area contributed by atoms with E-state index in [1.165, 1.54) is 18.4 Å². The second-order valence-corrected chi connectivity index (χ2v) is 7.81. The average Bonchev–Trinajstić information content (AvgIpc) is 2.90. The van der Waals surface area contributed by atoms with Crippen LogP contribution in [0.5, 0.6) is 0 Å². The van der Waals surface area contributed by atoms with E-state index in [0.717, 1.165) is 23.5 Å². The Morgan fingerprint density at radius 1 is 1.33 bits per heavy atom. The number of rotatable bonds is 2. The van der Waals surface area contributed by atoms with E-state index in [4.69, 9.17) is 9.47 Å². The van der Waals surface area contributed by atoms with Gasteiger partial charge in [-0.15, -0.1) is 11.3 Å². The second kappa shape index (κ2) is 6.70. The highest BCUT2D eigenvalue weighted by Crippen LogP contribution is 2.40. The summed E-state index contributed by atoms with van der Waals surface area (Å²) >= 11 is 1.41. The van der Waals surface area contributed by atoms with Gasteiger partial charge < -0.3 is 19.7 Å². The number of nitrogens with two attached hydrogens (primary N) is 1. The van der Waals surface area contributed by atoms with Gasteiger partial charge >= 0.3 is 12.0 Å². The molecule has 0 aliphatic carbocycles. The van der Waals surface area contributed by atoms with Gasteiger partial charge in [-0.25, -0.2) is 9.59 Å². The first-order valence-corrected chi connectivity index (χ1v) is 8.97. The molecule has 1 aromatic heterocycles. The number of anilines is 1. The van der Waals surface area contributed by atoms with Crippen molar-refractivity contribution in [2.45, 2.75) is 32.5 Å². The van der Waals surface area contributed by atoms with Gasteiger partial charge in [0.1, 0.15) is 5.00 Å². The summed E-state index contributed by atoms with van der Waals surface area (Å²) < 4.78 is 10.8. The Morgan fingerprint density at radius 2 is 2.04 bits per heavy atom. The number of amides is 2. The van der Waals surface area contributed by atoms with Crippen LogP contribution in [0.15, 0.2) is 0 Å². The molecular weight excluding hydrogens is 330 g/mol. The zero-order valence-corrected chi connectivity index (χ0v) is 15.1. The summed E-state index contributed by atoms with van der Waals surface area (Å²) in [7, 11) is 1.36. The highest BCUT2D eigenvalue weighted by Gasteiger charge is 2.34. The summed E-state index contributed by atoms with van der Waals surface area (Å²) in [5.74, 6) is -0.410. The number of esters is 1. The number of thiophene rings is 1. The average molecular weight is 354 g/mol. The number of hydrogen-bond acceptors (Lipinski definition) is 5. The Balaban J connectivity index is 1.88. The van der Waals surface area contributed by atoms with E-state index in [1.54, 1.807) is 4.90 Å². The molecule has 7 nitrogen and oxygen atoms in total. The van der Waals surface area contributed by atoms with Crippen molar-refractivity contribution in [3.63, 3.8) is 0 Å². The third-order valence-corrected chi connectivity index (χ3v) is 5.51. The summed E-state index contributed by atoms with van der Waals surface area (Å²) in [4.78, 5) is 27.6. The SMILES string of the molecule is COC(=O)c1c(NC(=O)N2CC[NH2+]CC2)sc2c1CC(C)(C)OC2. The number of urea groups is 1. The van der Waals surface area contributed by atoms with Gasteiger partial charge in [-0.05, 0) is 19.4 Å². The fourth-order valence-corrected chi connectivity index (χ4v) is 4.20. The molecule has 2 aliphatic heterocycles. The van der Waals surface area contributed by atoms with E-state index in [1.807, 2.05) is 13.8 Å². The van der Waals surface area contributed by atoms with E-state index >= 15 is 0 Å². The van der Waals surface area contributed by atoms with Crippen LogP contribution < -0.4 is 10.6 Å². The molecule has 3 rings (SSSR count). The first-order valence-electron chi connectivity index (χ1n) is 8.15. The number of ether oxygens (including phenoxy) is 2. The van der Waals surface area contributed by atoms with Crippen molar-refractivity contribution in [2.75, 3.05) is 38.6 Å². The largest absolute Gasteiger partial charge is 0.465 e. The first-order chi connectivity index (χ1) is 11.4.